The smallest absolute Gasteiger partial charge is 0.407 e. The van der Waals surface area contributed by atoms with E-state index in [0.29, 0.717) is 30.3 Å². The summed E-state index contributed by atoms with van der Waals surface area (Å²) in [6, 6.07) is 3.76. The van der Waals surface area contributed by atoms with Crippen molar-refractivity contribution in [2.75, 3.05) is 34.4 Å². The summed E-state index contributed by atoms with van der Waals surface area (Å²) in [4.78, 5) is 11.0. The SMILES string of the molecule is CNCc1cc(OC)c(OCC2CNC(=O)O2)c(OC)c1. The summed E-state index contributed by atoms with van der Waals surface area (Å²) in [6.45, 7) is 1.36. The molecule has 7 heteroatoms. The van der Waals surface area contributed by atoms with Crippen molar-refractivity contribution in [2.45, 2.75) is 12.6 Å². The quantitative estimate of drug-likeness (QED) is 0.779. The van der Waals surface area contributed by atoms with E-state index in [-0.39, 0.29) is 12.7 Å². The minimum absolute atomic E-state index is 0.233. The Kier molecular flexibility index (Phi) is 5.10. The van der Waals surface area contributed by atoms with Gasteiger partial charge in [-0.15, -0.1) is 0 Å². The van der Waals surface area contributed by atoms with Crippen molar-refractivity contribution in [2.24, 2.45) is 0 Å². The number of benzene rings is 1. The van der Waals surface area contributed by atoms with Gasteiger partial charge in [-0.3, -0.25) is 0 Å². The first-order chi connectivity index (χ1) is 10.2. The second-order valence-corrected chi connectivity index (χ2v) is 4.58. The van der Waals surface area contributed by atoms with Crippen molar-refractivity contribution in [1.82, 2.24) is 10.6 Å². The first-order valence-corrected chi connectivity index (χ1v) is 6.64. The maximum atomic E-state index is 11.0. The summed E-state index contributed by atoms with van der Waals surface area (Å²) < 4.78 is 21.5. The molecule has 1 saturated heterocycles. The number of carbonyl (C=O) groups excluding carboxylic acids is 1. The number of carbonyl (C=O) groups is 1. The first kappa shape index (κ1) is 15.2. The highest BCUT2D eigenvalue weighted by Crippen LogP contribution is 2.38. The van der Waals surface area contributed by atoms with Crippen LogP contribution in [0, 0.1) is 0 Å². The van der Waals surface area contributed by atoms with Crippen molar-refractivity contribution >= 4 is 6.09 Å². The number of hydrogen-bond acceptors (Lipinski definition) is 6. The molecule has 7 nitrogen and oxygen atoms in total. The molecule has 0 radical (unpaired) electrons. The summed E-state index contributed by atoms with van der Waals surface area (Å²) in [5, 5.41) is 5.65. The third kappa shape index (κ3) is 3.69. The molecule has 1 aliphatic rings. The van der Waals surface area contributed by atoms with Crippen LogP contribution in [-0.2, 0) is 11.3 Å². The Morgan fingerprint density at radius 3 is 2.48 bits per heavy atom. The molecular weight excluding hydrogens is 276 g/mol. The normalized spacial score (nSPS) is 17.1. The Balaban J connectivity index is 2.14. The summed E-state index contributed by atoms with van der Waals surface area (Å²) in [5.74, 6) is 1.66. The molecule has 1 fully saturated rings. The fourth-order valence-corrected chi connectivity index (χ4v) is 2.08. The van der Waals surface area contributed by atoms with Gasteiger partial charge >= 0.3 is 6.09 Å². The molecule has 0 saturated carbocycles. The highest BCUT2D eigenvalue weighted by molar-refractivity contribution is 5.69. The Morgan fingerprint density at radius 2 is 2.00 bits per heavy atom. The largest absolute Gasteiger partial charge is 0.493 e. The number of nitrogens with one attached hydrogen (secondary N) is 2. The molecule has 0 aromatic heterocycles. The summed E-state index contributed by atoms with van der Waals surface area (Å²) in [7, 11) is 5.01. The van der Waals surface area contributed by atoms with Gasteiger partial charge < -0.3 is 29.6 Å². The van der Waals surface area contributed by atoms with Crippen molar-refractivity contribution in [3.05, 3.63) is 17.7 Å². The van der Waals surface area contributed by atoms with Crippen LogP contribution in [-0.4, -0.2) is 46.6 Å². The van der Waals surface area contributed by atoms with E-state index >= 15 is 0 Å². The summed E-state index contributed by atoms with van der Waals surface area (Å²) in [6.07, 6.45) is -0.740. The average molecular weight is 296 g/mol. The molecule has 1 heterocycles. The third-order valence-electron chi connectivity index (χ3n) is 3.06. The molecule has 0 aliphatic carbocycles. The molecule has 1 aromatic carbocycles. The average Bonchev–Trinajstić information content (AvgIpc) is 2.90. The van der Waals surface area contributed by atoms with Crippen LogP contribution in [0.25, 0.3) is 0 Å². The van der Waals surface area contributed by atoms with Crippen LogP contribution >= 0.6 is 0 Å². The third-order valence-corrected chi connectivity index (χ3v) is 3.06. The molecule has 1 aromatic rings. The lowest BCUT2D eigenvalue weighted by Gasteiger charge is -2.17. The van der Waals surface area contributed by atoms with Crippen LogP contribution in [0.1, 0.15) is 5.56 Å². The molecule has 1 unspecified atom stereocenters. The van der Waals surface area contributed by atoms with Gasteiger partial charge in [0.1, 0.15) is 6.61 Å². The number of methoxy groups -OCH3 is 2. The van der Waals surface area contributed by atoms with Crippen LogP contribution < -0.4 is 24.8 Å². The first-order valence-electron chi connectivity index (χ1n) is 6.64. The molecular formula is C14H20N2O5. The van der Waals surface area contributed by atoms with E-state index in [1.807, 2.05) is 19.2 Å². The molecule has 1 aliphatic heterocycles. The predicted octanol–water partition coefficient (Wildman–Crippen LogP) is 0.910. The van der Waals surface area contributed by atoms with E-state index in [1.54, 1.807) is 14.2 Å². The minimum atomic E-state index is -0.424. The van der Waals surface area contributed by atoms with Gasteiger partial charge in [-0.05, 0) is 24.7 Å². The Hall–Kier alpha value is -2.15. The van der Waals surface area contributed by atoms with E-state index in [0.717, 1.165) is 5.56 Å². The maximum absolute atomic E-state index is 11.0. The molecule has 116 valence electrons. The van der Waals surface area contributed by atoms with Gasteiger partial charge in [0.15, 0.2) is 17.6 Å². The summed E-state index contributed by atoms with van der Waals surface area (Å²) in [5.41, 5.74) is 1.02. The van der Waals surface area contributed by atoms with Crippen molar-refractivity contribution in [1.29, 1.82) is 0 Å². The monoisotopic (exact) mass is 296 g/mol. The van der Waals surface area contributed by atoms with Crippen LogP contribution in [0.15, 0.2) is 12.1 Å². The molecule has 0 spiro atoms. The summed E-state index contributed by atoms with van der Waals surface area (Å²) >= 11 is 0. The predicted molar refractivity (Wildman–Crippen MR) is 76.1 cm³/mol. The van der Waals surface area contributed by atoms with Crippen LogP contribution in [0.4, 0.5) is 4.79 Å². The Morgan fingerprint density at radius 1 is 1.33 bits per heavy atom. The number of hydrogen-bond donors (Lipinski definition) is 2. The molecule has 1 atom stereocenters. The number of alkyl carbamates (subject to hydrolysis) is 1. The zero-order valence-electron chi connectivity index (χ0n) is 12.4. The molecule has 0 bridgehead atoms. The molecule has 2 N–H and O–H groups in total. The number of rotatable bonds is 7. The van der Waals surface area contributed by atoms with Gasteiger partial charge in [0.25, 0.3) is 0 Å². The lowest BCUT2D eigenvalue weighted by Crippen LogP contribution is -2.22. The van der Waals surface area contributed by atoms with Crippen LogP contribution in [0.5, 0.6) is 17.2 Å². The molecule has 1 amide bonds. The fourth-order valence-electron chi connectivity index (χ4n) is 2.08. The van der Waals surface area contributed by atoms with E-state index < -0.39 is 6.09 Å². The number of cyclic esters (lactones) is 1. The lowest BCUT2D eigenvalue weighted by atomic mass is 10.2. The van der Waals surface area contributed by atoms with Crippen LogP contribution in [0.3, 0.4) is 0 Å². The minimum Gasteiger partial charge on any atom is -0.493 e. The van der Waals surface area contributed by atoms with Crippen LogP contribution in [0.2, 0.25) is 0 Å². The van der Waals surface area contributed by atoms with Crippen molar-refractivity contribution in [3.8, 4) is 17.2 Å². The van der Waals surface area contributed by atoms with Gasteiger partial charge in [-0.1, -0.05) is 0 Å². The van der Waals surface area contributed by atoms with Gasteiger partial charge in [0, 0.05) is 6.54 Å². The van der Waals surface area contributed by atoms with Gasteiger partial charge in [-0.25, -0.2) is 4.79 Å². The standard InChI is InChI=1S/C14H20N2O5/c1-15-6-9-4-11(18-2)13(12(5-9)19-3)20-8-10-7-16-14(17)21-10/h4-5,10,15H,6-8H2,1-3H3,(H,16,17). The second kappa shape index (κ2) is 7.03. The maximum Gasteiger partial charge on any atom is 0.407 e. The fraction of sp³-hybridized carbons (Fsp3) is 0.500. The molecule has 2 rings (SSSR count). The van der Waals surface area contributed by atoms with Gasteiger partial charge in [0.2, 0.25) is 5.75 Å². The van der Waals surface area contributed by atoms with Crippen molar-refractivity contribution < 1.29 is 23.7 Å². The Bertz CT molecular complexity index is 481. The zero-order chi connectivity index (χ0) is 15.2. The van der Waals surface area contributed by atoms with Crippen molar-refractivity contribution in [3.63, 3.8) is 0 Å². The van der Waals surface area contributed by atoms with Gasteiger partial charge in [-0.2, -0.15) is 0 Å². The van der Waals surface area contributed by atoms with E-state index in [1.165, 1.54) is 0 Å². The van der Waals surface area contributed by atoms with E-state index in [2.05, 4.69) is 10.6 Å². The Labute approximate surface area is 123 Å². The highest BCUT2D eigenvalue weighted by atomic mass is 16.6. The topological polar surface area (TPSA) is 78.0 Å². The lowest BCUT2D eigenvalue weighted by molar-refractivity contribution is 0.102. The zero-order valence-corrected chi connectivity index (χ0v) is 12.4. The number of ether oxygens (including phenoxy) is 4. The van der Waals surface area contributed by atoms with E-state index in [9.17, 15) is 4.79 Å². The highest BCUT2D eigenvalue weighted by Gasteiger charge is 2.24. The molecule has 21 heavy (non-hydrogen) atoms. The van der Waals surface area contributed by atoms with E-state index in [4.69, 9.17) is 18.9 Å². The second-order valence-electron chi connectivity index (χ2n) is 4.58. The number of amides is 1. The van der Waals surface area contributed by atoms with Gasteiger partial charge in [0.05, 0.1) is 20.8 Å².